The van der Waals surface area contributed by atoms with Crippen molar-refractivity contribution in [3.8, 4) is 18.1 Å². The van der Waals surface area contributed by atoms with E-state index in [1.54, 1.807) is 0 Å². The van der Waals surface area contributed by atoms with Crippen LogP contribution in [0.5, 0.6) is 5.75 Å². The van der Waals surface area contributed by atoms with Crippen LogP contribution in [0.3, 0.4) is 0 Å². The molecular weight excluding hydrogens is 278 g/mol. The molecule has 1 N–H and O–H groups in total. The highest BCUT2D eigenvalue weighted by atomic mass is 79.9. The van der Waals surface area contributed by atoms with E-state index < -0.39 is 0 Å². The molecule has 92 valence electrons. The van der Waals surface area contributed by atoms with Crippen molar-refractivity contribution in [3.05, 3.63) is 28.2 Å². The first kappa shape index (κ1) is 14.1. The van der Waals surface area contributed by atoms with Gasteiger partial charge in [-0.05, 0) is 31.2 Å². The number of hydrogen-bond acceptors (Lipinski definition) is 2. The lowest BCUT2D eigenvalue weighted by Crippen LogP contribution is -2.15. The molecule has 1 rings (SSSR count). The highest BCUT2D eigenvalue weighted by Crippen LogP contribution is 2.23. The number of terminal acetylenes is 1. The SMILES string of the molecule is C#CCOc1ccc(Br)cc1CNCCCC. The first-order valence-corrected chi connectivity index (χ1v) is 6.62. The van der Waals surface area contributed by atoms with Crippen LogP contribution < -0.4 is 10.1 Å². The van der Waals surface area contributed by atoms with Crippen molar-refractivity contribution in [3.63, 3.8) is 0 Å². The van der Waals surface area contributed by atoms with Crippen LogP contribution in [0.15, 0.2) is 22.7 Å². The Morgan fingerprint density at radius 1 is 1.47 bits per heavy atom. The summed E-state index contributed by atoms with van der Waals surface area (Å²) < 4.78 is 6.55. The number of hydrogen-bond donors (Lipinski definition) is 1. The Morgan fingerprint density at radius 2 is 2.29 bits per heavy atom. The molecule has 1 aromatic rings. The lowest BCUT2D eigenvalue weighted by atomic mass is 10.2. The van der Waals surface area contributed by atoms with Gasteiger partial charge in [0.25, 0.3) is 0 Å². The van der Waals surface area contributed by atoms with Crippen LogP contribution in [0.1, 0.15) is 25.3 Å². The monoisotopic (exact) mass is 295 g/mol. The smallest absolute Gasteiger partial charge is 0.148 e. The molecule has 1 aromatic carbocycles. The first-order chi connectivity index (χ1) is 8.27. The van der Waals surface area contributed by atoms with E-state index in [0.717, 1.165) is 28.9 Å². The predicted octanol–water partition coefficient (Wildman–Crippen LogP) is 3.35. The van der Waals surface area contributed by atoms with Crippen molar-refractivity contribution >= 4 is 15.9 Å². The third kappa shape index (κ3) is 5.25. The van der Waals surface area contributed by atoms with E-state index in [4.69, 9.17) is 11.2 Å². The van der Waals surface area contributed by atoms with E-state index in [1.165, 1.54) is 12.8 Å². The van der Waals surface area contributed by atoms with E-state index in [9.17, 15) is 0 Å². The molecule has 0 fully saturated rings. The molecule has 0 saturated carbocycles. The second-order valence-electron chi connectivity index (χ2n) is 3.78. The van der Waals surface area contributed by atoms with Gasteiger partial charge in [0, 0.05) is 16.6 Å². The van der Waals surface area contributed by atoms with Crippen LogP contribution in [0.4, 0.5) is 0 Å². The van der Waals surface area contributed by atoms with Gasteiger partial charge in [0.05, 0.1) is 0 Å². The zero-order valence-corrected chi connectivity index (χ0v) is 11.7. The largest absolute Gasteiger partial charge is 0.481 e. The van der Waals surface area contributed by atoms with Gasteiger partial charge in [-0.25, -0.2) is 0 Å². The minimum atomic E-state index is 0.309. The average molecular weight is 296 g/mol. The lowest BCUT2D eigenvalue weighted by molar-refractivity contribution is 0.364. The number of benzene rings is 1. The van der Waals surface area contributed by atoms with Gasteiger partial charge in [-0.2, -0.15) is 0 Å². The molecule has 0 aliphatic carbocycles. The normalized spacial score (nSPS) is 9.94. The molecule has 0 aliphatic rings. The molecule has 0 saturated heterocycles. The maximum Gasteiger partial charge on any atom is 0.148 e. The van der Waals surface area contributed by atoms with Gasteiger partial charge in [0.2, 0.25) is 0 Å². The van der Waals surface area contributed by atoms with Crippen LogP contribution in [0, 0.1) is 12.3 Å². The van der Waals surface area contributed by atoms with Crippen LogP contribution in [0.25, 0.3) is 0 Å². The quantitative estimate of drug-likeness (QED) is 0.615. The summed E-state index contributed by atoms with van der Waals surface area (Å²) >= 11 is 3.46. The maximum atomic E-state index is 5.50. The molecule has 0 spiro atoms. The summed E-state index contributed by atoms with van der Waals surface area (Å²) in [5.41, 5.74) is 1.13. The summed E-state index contributed by atoms with van der Waals surface area (Å²) in [4.78, 5) is 0. The number of nitrogens with one attached hydrogen (secondary N) is 1. The Bertz CT molecular complexity index is 384. The predicted molar refractivity (Wildman–Crippen MR) is 75.1 cm³/mol. The summed E-state index contributed by atoms with van der Waals surface area (Å²) in [6.45, 7) is 4.32. The second-order valence-corrected chi connectivity index (χ2v) is 4.69. The van der Waals surface area contributed by atoms with Crippen molar-refractivity contribution in [1.29, 1.82) is 0 Å². The highest BCUT2D eigenvalue weighted by molar-refractivity contribution is 9.10. The van der Waals surface area contributed by atoms with Gasteiger partial charge in [0.15, 0.2) is 0 Å². The maximum absolute atomic E-state index is 5.50. The molecule has 17 heavy (non-hydrogen) atoms. The van der Waals surface area contributed by atoms with Gasteiger partial charge in [0.1, 0.15) is 12.4 Å². The Balaban J connectivity index is 2.60. The Hall–Kier alpha value is -0.980. The summed E-state index contributed by atoms with van der Waals surface area (Å²) in [6, 6.07) is 5.96. The first-order valence-electron chi connectivity index (χ1n) is 5.83. The summed E-state index contributed by atoms with van der Waals surface area (Å²) in [5, 5.41) is 3.39. The molecule has 0 aromatic heterocycles. The zero-order chi connectivity index (χ0) is 12.5. The molecule has 0 unspecified atom stereocenters. The second kappa shape index (κ2) is 8.16. The Kier molecular flexibility index (Phi) is 6.76. The minimum Gasteiger partial charge on any atom is -0.481 e. The Labute approximate surface area is 112 Å². The number of halogens is 1. The average Bonchev–Trinajstić information content (AvgIpc) is 2.33. The van der Waals surface area contributed by atoms with E-state index in [2.05, 4.69) is 40.2 Å². The third-order valence-electron chi connectivity index (χ3n) is 2.36. The fourth-order valence-corrected chi connectivity index (χ4v) is 1.88. The van der Waals surface area contributed by atoms with Crippen molar-refractivity contribution in [2.75, 3.05) is 13.2 Å². The van der Waals surface area contributed by atoms with Gasteiger partial charge >= 0.3 is 0 Å². The van der Waals surface area contributed by atoms with Crippen LogP contribution >= 0.6 is 15.9 Å². The van der Waals surface area contributed by atoms with Crippen molar-refractivity contribution in [1.82, 2.24) is 5.32 Å². The third-order valence-corrected chi connectivity index (χ3v) is 2.85. The number of ether oxygens (including phenoxy) is 1. The number of unbranched alkanes of at least 4 members (excludes halogenated alkanes) is 1. The minimum absolute atomic E-state index is 0.309. The zero-order valence-electron chi connectivity index (χ0n) is 10.1. The van der Waals surface area contributed by atoms with E-state index >= 15 is 0 Å². The molecule has 0 heterocycles. The molecule has 0 bridgehead atoms. The Morgan fingerprint density at radius 3 is 3.00 bits per heavy atom. The molecule has 0 radical (unpaired) electrons. The molecule has 0 amide bonds. The van der Waals surface area contributed by atoms with E-state index in [-0.39, 0.29) is 0 Å². The highest BCUT2D eigenvalue weighted by Gasteiger charge is 2.03. The van der Waals surface area contributed by atoms with E-state index in [1.807, 2.05) is 12.1 Å². The topological polar surface area (TPSA) is 21.3 Å². The van der Waals surface area contributed by atoms with Gasteiger partial charge in [-0.1, -0.05) is 35.2 Å². The van der Waals surface area contributed by atoms with Crippen molar-refractivity contribution in [2.45, 2.75) is 26.3 Å². The van der Waals surface area contributed by atoms with Crippen LogP contribution in [-0.2, 0) is 6.54 Å². The molecule has 0 atom stereocenters. The lowest BCUT2D eigenvalue weighted by Gasteiger charge is -2.11. The number of rotatable bonds is 7. The van der Waals surface area contributed by atoms with Gasteiger partial charge in [-0.3, -0.25) is 0 Å². The van der Waals surface area contributed by atoms with Gasteiger partial charge in [-0.15, -0.1) is 6.42 Å². The van der Waals surface area contributed by atoms with Crippen molar-refractivity contribution < 1.29 is 4.74 Å². The van der Waals surface area contributed by atoms with Crippen molar-refractivity contribution in [2.24, 2.45) is 0 Å². The molecular formula is C14H18BrNO. The van der Waals surface area contributed by atoms with Crippen LogP contribution in [-0.4, -0.2) is 13.2 Å². The van der Waals surface area contributed by atoms with Gasteiger partial charge < -0.3 is 10.1 Å². The fourth-order valence-electron chi connectivity index (χ4n) is 1.47. The standard InChI is InChI=1S/C14H18BrNO/c1-3-5-8-16-11-12-10-13(15)6-7-14(12)17-9-4-2/h2,6-7,10,16H,3,5,8-9,11H2,1H3. The summed E-state index contributed by atoms with van der Waals surface area (Å²) in [6.07, 6.45) is 7.59. The molecule has 2 nitrogen and oxygen atoms in total. The molecule has 3 heteroatoms. The fraction of sp³-hybridized carbons (Fsp3) is 0.429. The van der Waals surface area contributed by atoms with Crippen LogP contribution in [0.2, 0.25) is 0 Å². The van der Waals surface area contributed by atoms with E-state index in [0.29, 0.717) is 6.61 Å². The molecule has 0 aliphatic heterocycles. The summed E-state index contributed by atoms with van der Waals surface area (Å²) in [7, 11) is 0. The summed E-state index contributed by atoms with van der Waals surface area (Å²) in [5.74, 6) is 3.34.